The zero-order valence-electron chi connectivity index (χ0n) is 13.0. The Bertz CT molecular complexity index is 778. The first-order chi connectivity index (χ1) is 10.9. The summed E-state index contributed by atoms with van der Waals surface area (Å²) in [6, 6.07) is 5.94. The number of carboxylic acid groups (broad SMARTS) is 1. The Kier molecular flexibility index (Phi) is 4.17. The van der Waals surface area contributed by atoms with E-state index in [1.165, 1.54) is 16.9 Å². The monoisotopic (exact) mass is 330 g/mol. The molecule has 5 nitrogen and oxygen atoms in total. The van der Waals surface area contributed by atoms with Crippen molar-refractivity contribution in [3.05, 3.63) is 34.2 Å². The number of rotatable bonds is 5. The van der Waals surface area contributed by atoms with Gasteiger partial charge >= 0.3 is 5.97 Å². The molecule has 120 valence electrons. The van der Waals surface area contributed by atoms with Crippen LogP contribution in [0.2, 0.25) is 0 Å². The molecular weight excluding hydrogens is 312 g/mol. The average Bonchev–Trinajstić information content (AvgIpc) is 3.25. The predicted octanol–water partition coefficient (Wildman–Crippen LogP) is 3.40. The Morgan fingerprint density at radius 3 is 2.65 bits per heavy atom. The summed E-state index contributed by atoms with van der Waals surface area (Å²) in [5.41, 5.74) is 3.82. The topological polar surface area (TPSA) is 79.3 Å². The molecule has 0 spiro atoms. The smallest absolute Gasteiger partial charge is 0.308 e. The van der Waals surface area contributed by atoms with Crippen molar-refractivity contribution in [2.45, 2.75) is 33.1 Å². The molecule has 1 heterocycles. The molecule has 0 bridgehead atoms. The molecule has 1 aromatic heterocycles. The van der Waals surface area contributed by atoms with Crippen LogP contribution in [-0.4, -0.2) is 22.0 Å². The van der Waals surface area contributed by atoms with Gasteiger partial charge in [-0.05, 0) is 43.9 Å². The molecule has 1 aliphatic carbocycles. The van der Waals surface area contributed by atoms with Crippen molar-refractivity contribution in [3.8, 4) is 11.3 Å². The van der Waals surface area contributed by atoms with Crippen molar-refractivity contribution in [1.29, 1.82) is 0 Å². The van der Waals surface area contributed by atoms with E-state index in [4.69, 9.17) is 5.11 Å². The van der Waals surface area contributed by atoms with Gasteiger partial charge in [-0.15, -0.1) is 11.3 Å². The van der Waals surface area contributed by atoms with E-state index >= 15 is 0 Å². The van der Waals surface area contributed by atoms with Crippen molar-refractivity contribution < 1.29 is 14.7 Å². The summed E-state index contributed by atoms with van der Waals surface area (Å²) < 4.78 is 0. The fourth-order valence-electron chi connectivity index (χ4n) is 2.33. The van der Waals surface area contributed by atoms with Gasteiger partial charge in [-0.3, -0.25) is 9.59 Å². The summed E-state index contributed by atoms with van der Waals surface area (Å²) in [7, 11) is 0. The van der Waals surface area contributed by atoms with E-state index in [1.54, 1.807) is 0 Å². The highest BCUT2D eigenvalue weighted by atomic mass is 32.1. The van der Waals surface area contributed by atoms with Crippen LogP contribution in [0, 0.1) is 19.8 Å². The maximum absolute atomic E-state index is 11.9. The lowest BCUT2D eigenvalue weighted by Crippen LogP contribution is -2.12. The zero-order chi connectivity index (χ0) is 16.6. The lowest BCUT2D eigenvalue weighted by Gasteiger charge is -2.04. The Balaban J connectivity index is 1.95. The molecule has 2 N–H and O–H groups in total. The van der Waals surface area contributed by atoms with Crippen molar-refractivity contribution in [3.63, 3.8) is 0 Å². The molecule has 1 aliphatic rings. The third-order valence-corrected chi connectivity index (χ3v) is 4.94. The highest BCUT2D eigenvalue weighted by Gasteiger charge is 2.30. The number of carboxylic acids is 1. The van der Waals surface area contributed by atoms with Crippen molar-refractivity contribution in [2.75, 3.05) is 5.32 Å². The fraction of sp³-hybridized carbons (Fsp3) is 0.353. The van der Waals surface area contributed by atoms with E-state index in [9.17, 15) is 9.59 Å². The Morgan fingerprint density at radius 2 is 2.04 bits per heavy atom. The van der Waals surface area contributed by atoms with E-state index in [0.717, 1.165) is 24.0 Å². The number of carbonyl (C=O) groups excluding carboxylic acids is 1. The molecule has 1 fully saturated rings. The lowest BCUT2D eigenvalue weighted by molar-refractivity contribution is -0.136. The molecule has 2 aromatic rings. The number of aryl methyl sites for hydroxylation is 2. The van der Waals surface area contributed by atoms with Crippen molar-refractivity contribution >= 4 is 28.3 Å². The normalized spacial score (nSPS) is 13.8. The summed E-state index contributed by atoms with van der Waals surface area (Å²) in [6.07, 6.45) is 1.74. The standard InChI is InChI=1S/C17H18N2O3S/c1-9-3-4-12(7-10(9)2)15-13(8-14(20)21)23-17(18-15)19-16(22)11-5-6-11/h3-4,7,11H,5-6,8H2,1-2H3,(H,20,21)(H,18,19,22). The minimum absolute atomic E-state index is 0.0211. The maximum Gasteiger partial charge on any atom is 0.308 e. The molecule has 0 atom stereocenters. The molecule has 1 amide bonds. The van der Waals surface area contributed by atoms with Gasteiger partial charge in [0.25, 0.3) is 0 Å². The molecule has 3 rings (SSSR count). The lowest BCUT2D eigenvalue weighted by atomic mass is 10.0. The molecule has 0 aliphatic heterocycles. The first-order valence-corrected chi connectivity index (χ1v) is 8.35. The second kappa shape index (κ2) is 6.12. The number of nitrogens with zero attached hydrogens (tertiary/aromatic N) is 1. The van der Waals surface area contributed by atoms with Crippen molar-refractivity contribution in [2.24, 2.45) is 5.92 Å². The van der Waals surface area contributed by atoms with Gasteiger partial charge in [0, 0.05) is 16.4 Å². The molecule has 1 saturated carbocycles. The molecule has 0 unspecified atom stereocenters. The molecule has 23 heavy (non-hydrogen) atoms. The molecular formula is C17H18N2O3S. The van der Waals surface area contributed by atoms with Crippen LogP contribution in [0.4, 0.5) is 5.13 Å². The number of hydrogen-bond donors (Lipinski definition) is 2. The van der Waals surface area contributed by atoms with Crippen LogP contribution in [0.3, 0.4) is 0 Å². The fourth-order valence-corrected chi connectivity index (χ4v) is 3.31. The van der Waals surface area contributed by atoms with Gasteiger partial charge in [0.1, 0.15) is 0 Å². The first-order valence-electron chi connectivity index (χ1n) is 7.54. The second-order valence-electron chi connectivity index (χ2n) is 5.92. The van der Waals surface area contributed by atoms with Gasteiger partial charge in [-0.1, -0.05) is 12.1 Å². The van der Waals surface area contributed by atoms with E-state index < -0.39 is 5.97 Å². The number of carbonyl (C=O) groups is 2. The largest absolute Gasteiger partial charge is 0.481 e. The van der Waals surface area contributed by atoms with Gasteiger partial charge in [0.05, 0.1) is 12.1 Å². The van der Waals surface area contributed by atoms with E-state index in [2.05, 4.69) is 10.3 Å². The highest BCUT2D eigenvalue weighted by Crippen LogP contribution is 2.35. The number of thiazole rings is 1. The summed E-state index contributed by atoms with van der Waals surface area (Å²) >= 11 is 1.24. The second-order valence-corrected chi connectivity index (χ2v) is 7.01. The van der Waals surface area contributed by atoms with Crippen LogP contribution >= 0.6 is 11.3 Å². The van der Waals surface area contributed by atoms with Crippen LogP contribution in [0.1, 0.15) is 28.8 Å². The van der Waals surface area contributed by atoms with E-state index in [1.807, 2.05) is 32.0 Å². The summed E-state index contributed by atoms with van der Waals surface area (Å²) in [4.78, 5) is 28.1. The average molecular weight is 330 g/mol. The number of amides is 1. The summed E-state index contributed by atoms with van der Waals surface area (Å²) in [6.45, 7) is 4.04. The van der Waals surface area contributed by atoms with E-state index in [0.29, 0.717) is 15.7 Å². The van der Waals surface area contributed by atoms with Crippen LogP contribution in [-0.2, 0) is 16.0 Å². The third kappa shape index (κ3) is 3.59. The Labute approximate surface area is 138 Å². The number of anilines is 1. The van der Waals surface area contributed by atoms with Gasteiger partial charge < -0.3 is 10.4 Å². The van der Waals surface area contributed by atoms with Crippen molar-refractivity contribution in [1.82, 2.24) is 4.98 Å². The third-order valence-electron chi connectivity index (χ3n) is 3.97. The zero-order valence-corrected chi connectivity index (χ0v) is 13.9. The van der Waals surface area contributed by atoms with E-state index in [-0.39, 0.29) is 18.2 Å². The van der Waals surface area contributed by atoms with Gasteiger partial charge in [0.2, 0.25) is 5.91 Å². The van der Waals surface area contributed by atoms with Gasteiger partial charge in [-0.2, -0.15) is 0 Å². The van der Waals surface area contributed by atoms with Crippen LogP contribution in [0.15, 0.2) is 18.2 Å². The number of hydrogen-bond acceptors (Lipinski definition) is 4. The summed E-state index contributed by atoms with van der Waals surface area (Å²) in [5.74, 6) is -0.835. The highest BCUT2D eigenvalue weighted by molar-refractivity contribution is 7.16. The van der Waals surface area contributed by atoms with Gasteiger partial charge in [0.15, 0.2) is 5.13 Å². The quantitative estimate of drug-likeness (QED) is 0.880. The Morgan fingerprint density at radius 1 is 1.30 bits per heavy atom. The van der Waals surface area contributed by atoms with Gasteiger partial charge in [-0.25, -0.2) is 4.98 Å². The minimum Gasteiger partial charge on any atom is -0.481 e. The number of nitrogens with one attached hydrogen (secondary N) is 1. The number of aromatic nitrogens is 1. The molecule has 0 saturated heterocycles. The molecule has 0 radical (unpaired) electrons. The van der Waals surface area contributed by atoms with Crippen LogP contribution < -0.4 is 5.32 Å². The minimum atomic E-state index is -0.904. The first kappa shape index (κ1) is 15.7. The van der Waals surface area contributed by atoms with Crippen LogP contribution in [0.25, 0.3) is 11.3 Å². The van der Waals surface area contributed by atoms with Crippen LogP contribution in [0.5, 0.6) is 0 Å². The number of aliphatic carboxylic acids is 1. The number of benzene rings is 1. The predicted molar refractivity (Wildman–Crippen MR) is 89.7 cm³/mol. The molecule has 6 heteroatoms. The Hall–Kier alpha value is -2.21. The maximum atomic E-state index is 11.9. The molecule has 1 aromatic carbocycles. The summed E-state index contributed by atoms with van der Waals surface area (Å²) in [5, 5.41) is 12.4. The SMILES string of the molecule is Cc1ccc(-c2nc(NC(=O)C3CC3)sc2CC(=O)O)cc1C.